The van der Waals surface area contributed by atoms with Crippen LogP contribution in [0.4, 0.5) is 11.8 Å². The first-order valence-electron chi connectivity index (χ1n) is 13.4. The van der Waals surface area contributed by atoms with Crippen LogP contribution in [-0.2, 0) is 37.5 Å². The van der Waals surface area contributed by atoms with Crippen molar-refractivity contribution in [1.29, 1.82) is 0 Å². The number of aromatic nitrogens is 2. The number of benzene rings is 1. The lowest BCUT2D eigenvalue weighted by atomic mass is 9.72. The molecule has 0 bridgehead atoms. The highest BCUT2D eigenvalue weighted by molar-refractivity contribution is 7.88. The molecule has 3 heterocycles. The number of nitrogens with one attached hydrogen (secondary N) is 1. The van der Waals surface area contributed by atoms with E-state index in [9.17, 15) is 17.4 Å². The number of fused-ring (bicyclic) bond motifs is 1. The maximum Gasteiger partial charge on any atom is 0.227 e. The van der Waals surface area contributed by atoms with E-state index >= 15 is 0 Å². The number of carbonyl (C=O) groups excluding carboxylic acids is 1. The molecule has 0 radical (unpaired) electrons. The zero-order valence-electron chi connectivity index (χ0n) is 23.5. The topological polar surface area (TPSA) is 116 Å². The highest BCUT2D eigenvalue weighted by atomic mass is 32.2. The molecule has 2 aliphatic heterocycles. The predicted octanol–water partition coefficient (Wildman–Crippen LogP) is 2.24. The van der Waals surface area contributed by atoms with Gasteiger partial charge in [-0.1, -0.05) is 30.3 Å². The van der Waals surface area contributed by atoms with E-state index in [4.69, 9.17) is 9.97 Å². The van der Waals surface area contributed by atoms with Crippen molar-refractivity contribution in [3.8, 4) is 0 Å². The summed E-state index contributed by atoms with van der Waals surface area (Å²) in [6.45, 7) is 3.74. The molecule has 0 spiro atoms. The van der Waals surface area contributed by atoms with Gasteiger partial charge in [0.15, 0.2) is 0 Å². The van der Waals surface area contributed by atoms with Crippen molar-refractivity contribution in [2.75, 3.05) is 63.0 Å². The average molecular weight is 577 g/mol. The molecule has 2 aromatic rings. The largest absolute Gasteiger partial charge is 0.366 e. The number of hydrogen-bond acceptors (Lipinski definition) is 8. The van der Waals surface area contributed by atoms with Crippen LogP contribution in [0.25, 0.3) is 0 Å². The smallest absolute Gasteiger partial charge is 0.227 e. The minimum Gasteiger partial charge on any atom is -0.366 e. The average Bonchev–Trinajstić information content (AvgIpc) is 3.28. The van der Waals surface area contributed by atoms with Gasteiger partial charge in [0.25, 0.3) is 0 Å². The van der Waals surface area contributed by atoms with Gasteiger partial charge in [0.05, 0.1) is 22.7 Å². The molecule has 10 nitrogen and oxygen atoms in total. The number of anilines is 2. The summed E-state index contributed by atoms with van der Waals surface area (Å²) >= 11 is 0. The van der Waals surface area contributed by atoms with Crippen LogP contribution in [0, 0.1) is 0 Å². The van der Waals surface area contributed by atoms with Gasteiger partial charge in [-0.2, -0.15) is 4.98 Å². The molecule has 1 amide bonds. The summed E-state index contributed by atoms with van der Waals surface area (Å²) in [6, 6.07) is 10.1. The van der Waals surface area contributed by atoms with E-state index in [-0.39, 0.29) is 17.4 Å². The lowest BCUT2D eigenvalue weighted by Gasteiger charge is -2.44. The van der Waals surface area contributed by atoms with Crippen LogP contribution in [0.15, 0.2) is 35.2 Å². The minimum absolute atomic E-state index is 0.0306. The molecule has 0 saturated carbocycles. The first-order valence-corrected chi connectivity index (χ1v) is 16.5. The van der Waals surface area contributed by atoms with E-state index in [2.05, 4.69) is 22.3 Å². The second-order valence-corrected chi connectivity index (χ2v) is 14.6. The van der Waals surface area contributed by atoms with E-state index in [1.807, 2.05) is 25.1 Å². The van der Waals surface area contributed by atoms with Gasteiger partial charge < -0.3 is 15.1 Å². The van der Waals surface area contributed by atoms with Gasteiger partial charge in [0.1, 0.15) is 10.7 Å². The van der Waals surface area contributed by atoms with Crippen molar-refractivity contribution in [3.05, 3.63) is 41.6 Å². The Morgan fingerprint density at radius 3 is 2.44 bits per heavy atom. The normalized spacial score (nSPS) is 19.5. The van der Waals surface area contributed by atoms with Crippen LogP contribution in [0.2, 0.25) is 0 Å². The van der Waals surface area contributed by atoms with Crippen LogP contribution in [0.5, 0.6) is 0 Å². The predicted molar refractivity (Wildman–Crippen MR) is 155 cm³/mol. The molecule has 0 aliphatic carbocycles. The van der Waals surface area contributed by atoms with Gasteiger partial charge >= 0.3 is 0 Å². The fourth-order valence-electron chi connectivity index (χ4n) is 5.30. The number of aryl methyl sites for hydroxylation is 1. The van der Waals surface area contributed by atoms with Gasteiger partial charge in [-0.3, -0.25) is 9.00 Å². The maximum absolute atomic E-state index is 12.8. The second kappa shape index (κ2) is 11.9. The summed E-state index contributed by atoms with van der Waals surface area (Å²) in [5.74, 6) is 1.79. The summed E-state index contributed by atoms with van der Waals surface area (Å²) in [5.41, 5.74) is 1.63. The van der Waals surface area contributed by atoms with E-state index in [1.165, 1.54) is 10.6 Å². The van der Waals surface area contributed by atoms with Crippen LogP contribution < -0.4 is 10.2 Å². The van der Waals surface area contributed by atoms with Crippen molar-refractivity contribution in [1.82, 2.24) is 19.2 Å². The van der Waals surface area contributed by atoms with E-state index < -0.39 is 20.8 Å². The van der Waals surface area contributed by atoms with Gasteiger partial charge in [0.2, 0.25) is 21.9 Å². The highest BCUT2D eigenvalue weighted by Gasteiger charge is 2.40. The van der Waals surface area contributed by atoms with Crippen LogP contribution >= 0.6 is 0 Å². The molecule has 2 atom stereocenters. The fraction of sp³-hybridized carbons (Fsp3) is 0.593. The summed E-state index contributed by atoms with van der Waals surface area (Å²) in [7, 11) is 0.656. The first kappa shape index (κ1) is 29.4. The van der Waals surface area contributed by atoms with Crippen LogP contribution in [0.3, 0.4) is 0 Å². The molecule has 1 saturated heterocycles. The highest BCUT2D eigenvalue weighted by Crippen LogP contribution is 2.38. The summed E-state index contributed by atoms with van der Waals surface area (Å²) in [6.07, 6.45) is 4.43. The molecule has 1 unspecified atom stereocenters. The Labute approximate surface area is 234 Å². The number of hydrogen-bond donors (Lipinski definition) is 1. The van der Waals surface area contributed by atoms with E-state index in [0.29, 0.717) is 61.3 Å². The van der Waals surface area contributed by atoms with Crippen molar-refractivity contribution in [2.45, 2.75) is 55.4 Å². The molecule has 214 valence electrons. The molecule has 4 rings (SSSR count). The van der Waals surface area contributed by atoms with Crippen LogP contribution in [0.1, 0.15) is 43.9 Å². The Morgan fingerprint density at radius 1 is 1.15 bits per heavy atom. The zero-order chi connectivity index (χ0) is 28.4. The Kier molecular flexibility index (Phi) is 8.97. The Bertz CT molecular complexity index is 1310. The van der Waals surface area contributed by atoms with E-state index in [0.717, 1.165) is 24.1 Å². The van der Waals surface area contributed by atoms with E-state index in [1.54, 1.807) is 26.0 Å². The van der Waals surface area contributed by atoms with Crippen molar-refractivity contribution in [2.24, 2.45) is 0 Å². The van der Waals surface area contributed by atoms with Gasteiger partial charge in [0, 0.05) is 70.8 Å². The maximum atomic E-state index is 12.8. The zero-order valence-corrected chi connectivity index (χ0v) is 25.1. The SMILES string of the molecule is C[C@H](CCC(=O)N(C)C)Nc1nc(N2CCC(CN(C)S(C)(=O)=O)(c3ccccc3)CC2)nc2c1S(=O)CC2. The molecule has 1 aromatic carbocycles. The van der Waals surface area contributed by atoms with Gasteiger partial charge in [-0.05, 0) is 31.7 Å². The molecular formula is C27H40N6O4S2. The number of sulfonamides is 1. The van der Waals surface area contributed by atoms with Crippen molar-refractivity contribution in [3.63, 3.8) is 0 Å². The van der Waals surface area contributed by atoms with Gasteiger partial charge in [-0.15, -0.1) is 0 Å². The number of rotatable bonds is 10. The summed E-state index contributed by atoms with van der Waals surface area (Å²) in [4.78, 5) is 26.1. The number of piperidine rings is 1. The number of amides is 1. The third-order valence-electron chi connectivity index (χ3n) is 7.83. The van der Waals surface area contributed by atoms with Crippen LogP contribution in [-0.4, -0.2) is 96.5 Å². The third kappa shape index (κ3) is 6.78. The van der Waals surface area contributed by atoms with Gasteiger partial charge in [-0.25, -0.2) is 17.7 Å². The second-order valence-electron chi connectivity index (χ2n) is 11.0. The monoisotopic (exact) mass is 576 g/mol. The standard InChI is InChI=1S/C27H40N6O4S2/c1-20(11-12-23(34)31(2)3)28-25-24-22(13-18-38(24)35)29-26(30-25)33-16-14-27(15-17-33,19-32(4)39(5,36)37)21-9-7-6-8-10-21/h6-10,20H,11-19H2,1-5H3,(H,28,29,30)/t20-,38?/m1/s1. The lowest BCUT2D eigenvalue weighted by molar-refractivity contribution is -0.128. The Balaban J connectivity index is 1.55. The number of nitrogens with zero attached hydrogens (tertiary/aromatic N) is 5. The lowest BCUT2D eigenvalue weighted by Crippen LogP contribution is -2.49. The molecule has 12 heteroatoms. The molecular weight excluding hydrogens is 536 g/mol. The fourth-order valence-corrected chi connectivity index (χ4v) is 7.10. The molecule has 2 aliphatic rings. The van der Waals surface area contributed by atoms with Crippen molar-refractivity contribution < 1.29 is 17.4 Å². The molecule has 1 N–H and O–H groups in total. The number of carbonyl (C=O) groups is 1. The molecule has 1 aromatic heterocycles. The Hall–Kier alpha value is -2.57. The summed E-state index contributed by atoms with van der Waals surface area (Å²) < 4.78 is 38.8. The van der Waals surface area contributed by atoms with Crippen molar-refractivity contribution >= 4 is 38.5 Å². The quantitative estimate of drug-likeness (QED) is 0.458. The molecule has 1 fully saturated rings. The Morgan fingerprint density at radius 2 is 1.82 bits per heavy atom. The molecule has 39 heavy (non-hydrogen) atoms. The first-order chi connectivity index (χ1) is 18.4. The third-order valence-corrected chi connectivity index (χ3v) is 10.6. The number of likely N-dealkylation sites (N-methyl/N-ethyl adjacent to an activating group) is 1. The minimum atomic E-state index is -3.32. The summed E-state index contributed by atoms with van der Waals surface area (Å²) in [5, 5.41) is 3.42.